The van der Waals surface area contributed by atoms with Crippen molar-refractivity contribution in [3.05, 3.63) is 35.1 Å². The van der Waals surface area contributed by atoms with Gasteiger partial charge < -0.3 is 9.64 Å². The molecule has 0 unspecified atom stereocenters. The van der Waals surface area contributed by atoms with Gasteiger partial charge in [0.05, 0.1) is 16.6 Å². The number of likely N-dealkylation sites (tertiary alicyclic amines) is 1. The molecule has 146 valence electrons. The van der Waals surface area contributed by atoms with Crippen LogP contribution in [0, 0.1) is 5.82 Å². The molecule has 1 aromatic rings. The highest BCUT2D eigenvalue weighted by molar-refractivity contribution is 7.91. The van der Waals surface area contributed by atoms with E-state index in [0.717, 1.165) is 6.07 Å². The first-order valence-electron chi connectivity index (χ1n) is 7.74. The van der Waals surface area contributed by atoms with Crippen LogP contribution in [0.4, 0.5) is 22.4 Å². The standard InChI is InChI=1S/C16H19F4NO4S/c1-15(2,3)25-14(22)21-7-12(8-21)26(23,24)9-10-4-5-11(6-13(10)17)16(18,19)20/h4-6,12H,7-9H2,1-3H3. The minimum Gasteiger partial charge on any atom is -0.444 e. The van der Waals surface area contributed by atoms with Gasteiger partial charge >= 0.3 is 12.3 Å². The molecule has 26 heavy (non-hydrogen) atoms. The van der Waals surface area contributed by atoms with Crippen molar-refractivity contribution in [1.29, 1.82) is 0 Å². The van der Waals surface area contributed by atoms with Crippen molar-refractivity contribution in [1.82, 2.24) is 4.90 Å². The second-order valence-electron chi connectivity index (χ2n) is 7.12. The van der Waals surface area contributed by atoms with Crippen LogP contribution in [0.2, 0.25) is 0 Å². The Bertz CT molecular complexity index is 793. The molecule has 0 spiro atoms. The molecule has 1 fully saturated rings. The molecule has 0 saturated carbocycles. The average Bonchev–Trinajstić information content (AvgIpc) is 2.35. The first-order valence-corrected chi connectivity index (χ1v) is 9.46. The maximum absolute atomic E-state index is 13.8. The molecule has 1 aliphatic rings. The lowest BCUT2D eigenvalue weighted by Crippen LogP contribution is -2.58. The Morgan fingerprint density at radius 3 is 2.27 bits per heavy atom. The predicted molar refractivity (Wildman–Crippen MR) is 85.6 cm³/mol. The minimum absolute atomic E-state index is 0.0977. The summed E-state index contributed by atoms with van der Waals surface area (Å²) in [6, 6.07) is 1.74. The summed E-state index contributed by atoms with van der Waals surface area (Å²) in [5.74, 6) is -1.96. The number of ether oxygens (including phenoxy) is 1. The van der Waals surface area contributed by atoms with Gasteiger partial charge in [-0.3, -0.25) is 0 Å². The first kappa shape index (κ1) is 20.5. The zero-order valence-electron chi connectivity index (χ0n) is 14.4. The van der Waals surface area contributed by atoms with E-state index in [9.17, 15) is 30.8 Å². The van der Waals surface area contributed by atoms with Crippen molar-refractivity contribution in [2.75, 3.05) is 13.1 Å². The van der Waals surface area contributed by atoms with E-state index in [4.69, 9.17) is 4.74 Å². The van der Waals surface area contributed by atoms with Crippen LogP contribution >= 0.6 is 0 Å². The lowest BCUT2D eigenvalue weighted by atomic mass is 10.1. The molecule has 2 rings (SSSR count). The Balaban J connectivity index is 2.02. The summed E-state index contributed by atoms with van der Waals surface area (Å²) in [7, 11) is -3.83. The van der Waals surface area contributed by atoms with E-state index < -0.39 is 50.1 Å². The molecule has 1 aliphatic heterocycles. The van der Waals surface area contributed by atoms with Crippen molar-refractivity contribution in [3.8, 4) is 0 Å². The molecule has 0 aromatic heterocycles. The third kappa shape index (κ3) is 4.87. The summed E-state index contributed by atoms with van der Waals surface area (Å²) in [5, 5.41) is -0.906. The normalized spacial score (nSPS) is 16.3. The van der Waals surface area contributed by atoms with Crippen LogP contribution in [0.3, 0.4) is 0 Å². The number of halogens is 4. The number of benzene rings is 1. The minimum atomic E-state index is -4.71. The van der Waals surface area contributed by atoms with Crippen LogP contribution in [0.1, 0.15) is 31.9 Å². The van der Waals surface area contributed by atoms with Gasteiger partial charge in [-0.2, -0.15) is 13.2 Å². The largest absolute Gasteiger partial charge is 0.444 e. The van der Waals surface area contributed by atoms with E-state index in [2.05, 4.69) is 0 Å². The Morgan fingerprint density at radius 1 is 1.23 bits per heavy atom. The highest BCUT2D eigenvalue weighted by Gasteiger charge is 2.41. The van der Waals surface area contributed by atoms with Crippen LogP contribution < -0.4 is 0 Å². The summed E-state index contributed by atoms with van der Waals surface area (Å²) in [5.41, 5.74) is -2.24. The maximum atomic E-state index is 13.8. The Hall–Kier alpha value is -1.84. The number of amides is 1. The molecule has 5 nitrogen and oxygen atoms in total. The fourth-order valence-electron chi connectivity index (χ4n) is 2.32. The fourth-order valence-corrected chi connectivity index (χ4v) is 4.03. The van der Waals surface area contributed by atoms with Crippen LogP contribution in [0.5, 0.6) is 0 Å². The second-order valence-corrected chi connectivity index (χ2v) is 9.40. The van der Waals surface area contributed by atoms with E-state index in [0.29, 0.717) is 6.07 Å². The molecule has 1 amide bonds. The number of sulfone groups is 1. The topological polar surface area (TPSA) is 63.7 Å². The number of rotatable bonds is 3. The summed E-state index contributed by atoms with van der Waals surface area (Å²) < 4.78 is 81.1. The molecule has 0 N–H and O–H groups in total. The summed E-state index contributed by atoms with van der Waals surface area (Å²) in [6.07, 6.45) is -5.36. The Kier molecular flexibility index (Phi) is 5.29. The van der Waals surface area contributed by atoms with E-state index >= 15 is 0 Å². The van der Waals surface area contributed by atoms with Crippen LogP contribution in [0.25, 0.3) is 0 Å². The number of hydrogen-bond donors (Lipinski definition) is 0. The van der Waals surface area contributed by atoms with Crippen LogP contribution in [0.15, 0.2) is 18.2 Å². The predicted octanol–water partition coefficient (Wildman–Crippen LogP) is 3.38. The number of alkyl halides is 3. The zero-order valence-corrected chi connectivity index (χ0v) is 15.2. The van der Waals surface area contributed by atoms with E-state index in [1.54, 1.807) is 20.8 Å². The maximum Gasteiger partial charge on any atom is 0.416 e. The van der Waals surface area contributed by atoms with Gasteiger partial charge in [-0.25, -0.2) is 17.6 Å². The summed E-state index contributed by atoms with van der Waals surface area (Å²) in [4.78, 5) is 13.0. The van der Waals surface area contributed by atoms with Gasteiger partial charge in [0.25, 0.3) is 0 Å². The SMILES string of the molecule is CC(C)(C)OC(=O)N1CC(S(=O)(=O)Cc2ccc(C(F)(F)F)cc2F)C1. The molecule has 0 radical (unpaired) electrons. The quantitative estimate of drug-likeness (QED) is 0.734. The lowest BCUT2D eigenvalue weighted by molar-refractivity contribution is -0.137. The third-order valence-corrected chi connectivity index (χ3v) is 5.77. The van der Waals surface area contributed by atoms with Crippen molar-refractivity contribution in [3.63, 3.8) is 0 Å². The zero-order chi connectivity index (χ0) is 19.9. The molecule has 0 aliphatic carbocycles. The molecule has 1 heterocycles. The Labute approximate surface area is 148 Å². The van der Waals surface area contributed by atoms with Crippen molar-refractivity contribution >= 4 is 15.9 Å². The highest BCUT2D eigenvalue weighted by atomic mass is 32.2. The molecule has 10 heteroatoms. The van der Waals surface area contributed by atoms with E-state index in [-0.39, 0.29) is 24.7 Å². The van der Waals surface area contributed by atoms with Crippen molar-refractivity contribution < 1.29 is 35.5 Å². The third-order valence-electron chi connectivity index (χ3n) is 3.74. The van der Waals surface area contributed by atoms with Crippen LogP contribution in [-0.4, -0.2) is 43.4 Å². The van der Waals surface area contributed by atoms with Gasteiger partial charge in [0, 0.05) is 18.7 Å². The van der Waals surface area contributed by atoms with Crippen molar-refractivity contribution in [2.45, 2.75) is 43.6 Å². The second kappa shape index (κ2) is 6.71. The van der Waals surface area contributed by atoms with Gasteiger partial charge in [-0.05, 0) is 32.9 Å². The van der Waals surface area contributed by atoms with Gasteiger partial charge in [0.1, 0.15) is 11.4 Å². The van der Waals surface area contributed by atoms with Crippen LogP contribution in [-0.2, 0) is 26.5 Å². The van der Waals surface area contributed by atoms with Gasteiger partial charge in [-0.1, -0.05) is 6.07 Å². The van der Waals surface area contributed by atoms with E-state index in [1.165, 1.54) is 4.90 Å². The fraction of sp³-hybridized carbons (Fsp3) is 0.562. The monoisotopic (exact) mass is 397 g/mol. The average molecular weight is 397 g/mol. The number of nitrogens with zero attached hydrogens (tertiary/aromatic N) is 1. The molecule has 0 atom stereocenters. The van der Waals surface area contributed by atoms with Gasteiger partial charge in [0.15, 0.2) is 9.84 Å². The summed E-state index contributed by atoms with van der Waals surface area (Å²) >= 11 is 0. The molecule has 0 bridgehead atoms. The number of carbonyl (C=O) groups excluding carboxylic acids is 1. The molecular formula is C16H19F4NO4S. The highest BCUT2D eigenvalue weighted by Crippen LogP contribution is 2.31. The molecular weight excluding hydrogens is 378 g/mol. The molecule has 1 aromatic carbocycles. The Morgan fingerprint density at radius 2 is 1.81 bits per heavy atom. The van der Waals surface area contributed by atoms with E-state index in [1.807, 2.05) is 0 Å². The van der Waals surface area contributed by atoms with Gasteiger partial charge in [-0.15, -0.1) is 0 Å². The van der Waals surface area contributed by atoms with Crippen molar-refractivity contribution in [2.24, 2.45) is 0 Å². The lowest BCUT2D eigenvalue weighted by Gasteiger charge is -2.39. The number of carbonyl (C=O) groups is 1. The first-order chi connectivity index (χ1) is 11.7. The molecule has 1 saturated heterocycles. The number of hydrogen-bond acceptors (Lipinski definition) is 4. The summed E-state index contributed by atoms with van der Waals surface area (Å²) in [6.45, 7) is 4.82. The smallest absolute Gasteiger partial charge is 0.416 e. The van der Waals surface area contributed by atoms with Gasteiger partial charge in [0.2, 0.25) is 0 Å².